The average molecular weight is 226 g/mol. The fraction of sp³-hybridized carbons (Fsp3) is 0.375. The Kier molecular flexibility index (Phi) is 2.93. The molecule has 7 heteroatoms. The minimum absolute atomic E-state index is 0.397. The lowest BCUT2D eigenvalue weighted by Gasteiger charge is -1.90. The topological polar surface area (TPSA) is 87.1 Å². The Hall–Kier alpha value is -1.47. The number of nitrogens with zero attached hydrogens (tertiary/aromatic N) is 3. The van der Waals surface area contributed by atoms with Gasteiger partial charge in [-0.25, -0.2) is 4.98 Å². The van der Waals surface area contributed by atoms with Gasteiger partial charge in [0.05, 0.1) is 6.61 Å². The number of ether oxygens (including phenoxy) is 1. The van der Waals surface area contributed by atoms with Gasteiger partial charge in [0, 0.05) is 18.9 Å². The third-order valence-corrected chi connectivity index (χ3v) is 2.41. The molecule has 0 saturated carbocycles. The SMILES string of the molecule is COCCc1noc(-c2csc(N)n2)n1. The van der Waals surface area contributed by atoms with Gasteiger partial charge in [0.1, 0.15) is 5.69 Å². The second-order valence-electron chi connectivity index (χ2n) is 2.83. The minimum Gasteiger partial charge on any atom is -0.384 e. The van der Waals surface area contributed by atoms with E-state index in [4.69, 9.17) is 15.0 Å². The number of hydrogen-bond donors (Lipinski definition) is 1. The molecule has 2 aromatic rings. The molecule has 2 aromatic heterocycles. The van der Waals surface area contributed by atoms with Crippen molar-refractivity contribution in [1.29, 1.82) is 0 Å². The second-order valence-corrected chi connectivity index (χ2v) is 3.72. The Morgan fingerprint density at radius 3 is 3.07 bits per heavy atom. The number of nitrogen functional groups attached to an aromatic ring is 1. The third-order valence-electron chi connectivity index (χ3n) is 1.74. The fourth-order valence-corrected chi connectivity index (χ4v) is 1.58. The summed E-state index contributed by atoms with van der Waals surface area (Å²) >= 11 is 1.34. The third kappa shape index (κ3) is 2.31. The number of anilines is 1. The highest BCUT2D eigenvalue weighted by Crippen LogP contribution is 2.21. The molecule has 0 amide bonds. The molecule has 0 bridgehead atoms. The molecule has 6 nitrogen and oxygen atoms in total. The van der Waals surface area contributed by atoms with Crippen molar-refractivity contribution < 1.29 is 9.26 Å². The average Bonchev–Trinajstić information content (AvgIpc) is 2.83. The van der Waals surface area contributed by atoms with Crippen molar-refractivity contribution in [2.45, 2.75) is 6.42 Å². The molecule has 0 spiro atoms. The van der Waals surface area contributed by atoms with Gasteiger partial charge in [-0.2, -0.15) is 4.98 Å². The summed E-state index contributed by atoms with van der Waals surface area (Å²) in [6.07, 6.45) is 0.625. The van der Waals surface area contributed by atoms with Crippen LogP contribution in [-0.4, -0.2) is 28.8 Å². The van der Waals surface area contributed by atoms with Crippen LogP contribution < -0.4 is 5.73 Å². The summed E-state index contributed by atoms with van der Waals surface area (Å²) in [4.78, 5) is 8.21. The molecule has 15 heavy (non-hydrogen) atoms. The highest BCUT2D eigenvalue weighted by Gasteiger charge is 2.11. The van der Waals surface area contributed by atoms with E-state index in [9.17, 15) is 0 Å². The van der Waals surface area contributed by atoms with E-state index in [0.29, 0.717) is 35.6 Å². The molecule has 2 heterocycles. The van der Waals surface area contributed by atoms with E-state index in [1.807, 2.05) is 0 Å². The summed E-state index contributed by atoms with van der Waals surface area (Å²) in [5, 5.41) is 6.07. The van der Waals surface area contributed by atoms with E-state index in [2.05, 4.69) is 15.1 Å². The lowest BCUT2D eigenvalue weighted by Crippen LogP contribution is -1.96. The Morgan fingerprint density at radius 1 is 1.53 bits per heavy atom. The van der Waals surface area contributed by atoms with Crippen molar-refractivity contribution >= 4 is 16.5 Å². The van der Waals surface area contributed by atoms with E-state index in [-0.39, 0.29) is 0 Å². The minimum atomic E-state index is 0.397. The smallest absolute Gasteiger partial charge is 0.277 e. The predicted molar refractivity (Wildman–Crippen MR) is 55.4 cm³/mol. The van der Waals surface area contributed by atoms with Crippen LogP contribution in [0.15, 0.2) is 9.90 Å². The molecular formula is C8H10N4O2S. The quantitative estimate of drug-likeness (QED) is 0.835. The van der Waals surface area contributed by atoms with Crippen molar-refractivity contribution in [3.8, 4) is 11.6 Å². The first-order valence-electron chi connectivity index (χ1n) is 4.32. The Balaban J connectivity index is 2.13. The number of thiazole rings is 1. The molecule has 0 aliphatic rings. The van der Waals surface area contributed by atoms with E-state index in [0.717, 1.165) is 0 Å². The van der Waals surface area contributed by atoms with Crippen molar-refractivity contribution in [2.75, 3.05) is 19.5 Å². The maximum atomic E-state index is 5.50. The van der Waals surface area contributed by atoms with Crippen molar-refractivity contribution in [3.63, 3.8) is 0 Å². The molecule has 0 aromatic carbocycles. The van der Waals surface area contributed by atoms with Crippen LogP contribution in [-0.2, 0) is 11.2 Å². The molecular weight excluding hydrogens is 216 g/mol. The largest absolute Gasteiger partial charge is 0.384 e. The number of hydrogen-bond acceptors (Lipinski definition) is 7. The van der Waals surface area contributed by atoms with Gasteiger partial charge in [0.2, 0.25) is 0 Å². The fourth-order valence-electron chi connectivity index (χ4n) is 1.04. The van der Waals surface area contributed by atoms with Crippen LogP contribution in [0.25, 0.3) is 11.6 Å². The van der Waals surface area contributed by atoms with E-state index < -0.39 is 0 Å². The van der Waals surface area contributed by atoms with Gasteiger partial charge in [-0.05, 0) is 0 Å². The molecule has 0 aliphatic heterocycles. The lowest BCUT2D eigenvalue weighted by atomic mass is 10.4. The summed E-state index contributed by atoms with van der Waals surface area (Å²) in [5.74, 6) is 1.01. The highest BCUT2D eigenvalue weighted by molar-refractivity contribution is 7.13. The van der Waals surface area contributed by atoms with Crippen LogP contribution in [0.5, 0.6) is 0 Å². The molecule has 0 aliphatic carbocycles. The summed E-state index contributed by atoms with van der Waals surface area (Å²) in [7, 11) is 1.63. The van der Waals surface area contributed by atoms with Crippen LogP contribution in [0, 0.1) is 0 Å². The van der Waals surface area contributed by atoms with Crippen molar-refractivity contribution in [1.82, 2.24) is 15.1 Å². The predicted octanol–water partition coefficient (Wildman–Crippen LogP) is 0.964. The molecule has 0 radical (unpaired) electrons. The Bertz CT molecular complexity index is 439. The molecule has 0 saturated heterocycles. The van der Waals surface area contributed by atoms with Crippen LogP contribution in [0.4, 0.5) is 5.13 Å². The maximum absolute atomic E-state index is 5.50. The zero-order valence-corrected chi connectivity index (χ0v) is 8.95. The monoisotopic (exact) mass is 226 g/mol. The van der Waals surface area contributed by atoms with Crippen LogP contribution in [0.3, 0.4) is 0 Å². The zero-order chi connectivity index (χ0) is 10.7. The first-order valence-corrected chi connectivity index (χ1v) is 5.20. The van der Waals surface area contributed by atoms with Crippen molar-refractivity contribution in [3.05, 3.63) is 11.2 Å². The van der Waals surface area contributed by atoms with Gasteiger partial charge < -0.3 is 15.0 Å². The number of aromatic nitrogens is 3. The van der Waals surface area contributed by atoms with Gasteiger partial charge in [0.15, 0.2) is 11.0 Å². The lowest BCUT2D eigenvalue weighted by molar-refractivity contribution is 0.199. The van der Waals surface area contributed by atoms with Gasteiger partial charge in [-0.15, -0.1) is 11.3 Å². The summed E-state index contributed by atoms with van der Waals surface area (Å²) in [5.41, 5.74) is 6.12. The van der Waals surface area contributed by atoms with Crippen molar-refractivity contribution in [2.24, 2.45) is 0 Å². The summed E-state index contributed by atoms with van der Waals surface area (Å²) in [6, 6.07) is 0. The van der Waals surface area contributed by atoms with E-state index in [1.165, 1.54) is 11.3 Å². The standard InChI is InChI=1S/C8H10N4O2S/c1-13-3-2-6-11-7(14-12-6)5-4-15-8(9)10-5/h4H,2-3H2,1H3,(H2,9,10). The first-order chi connectivity index (χ1) is 7.29. The zero-order valence-electron chi connectivity index (χ0n) is 8.14. The van der Waals surface area contributed by atoms with Crippen LogP contribution in [0.2, 0.25) is 0 Å². The maximum Gasteiger partial charge on any atom is 0.277 e. The highest BCUT2D eigenvalue weighted by atomic mass is 32.1. The number of nitrogens with two attached hydrogens (primary N) is 1. The normalized spacial score (nSPS) is 10.7. The van der Waals surface area contributed by atoms with E-state index in [1.54, 1.807) is 12.5 Å². The first kappa shape index (κ1) is 10.1. The molecule has 0 fully saturated rings. The van der Waals surface area contributed by atoms with Gasteiger partial charge in [0.25, 0.3) is 5.89 Å². The Labute approximate surface area is 90.1 Å². The summed E-state index contributed by atoms with van der Waals surface area (Å²) < 4.78 is 9.94. The Morgan fingerprint density at radius 2 is 2.40 bits per heavy atom. The van der Waals surface area contributed by atoms with Crippen LogP contribution >= 0.6 is 11.3 Å². The molecule has 0 unspecified atom stereocenters. The van der Waals surface area contributed by atoms with Gasteiger partial charge in [-0.1, -0.05) is 5.16 Å². The van der Waals surface area contributed by atoms with Gasteiger partial charge in [-0.3, -0.25) is 0 Å². The number of rotatable bonds is 4. The number of methoxy groups -OCH3 is 1. The van der Waals surface area contributed by atoms with E-state index >= 15 is 0 Å². The molecule has 2 N–H and O–H groups in total. The molecule has 2 rings (SSSR count). The summed E-state index contributed by atoms with van der Waals surface area (Å²) in [6.45, 7) is 0.568. The molecule has 0 atom stereocenters. The second kappa shape index (κ2) is 4.37. The molecule has 80 valence electrons. The van der Waals surface area contributed by atoms with Gasteiger partial charge >= 0.3 is 0 Å². The van der Waals surface area contributed by atoms with Crippen LogP contribution in [0.1, 0.15) is 5.82 Å².